The number of ether oxygens (including phenoxy) is 1. The van der Waals surface area contributed by atoms with E-state index >= 15 is 0 Å². The number of fused-ring (bicyclic) bond motifs is 1. The van der Waals surface area contributed by atoms with Crippen LogP contribution in [0.1, 0.15) is 0 Å². The van der Waals surface area contributed by atoms with Gasteiger partial charge in [-0.25, -0.2) is 4.98 Å². The van der Waals surface area contributed by atoms with Crippen LogP contribution in [0, 0.1) is 5.41 Å². The fraction of sp³-hybridized carbons (Fsp3) is 0.385. The van der Waals surface area contributed by atoms with E-state index in [-0.39, 0.29) is 17.6 Å². The quantitative estimate of drug-likeness (QED) is 0.920. The molecule has 6 heteroatoms. The Kier molecular flexibility index (Phi) is 3.16. The highest BCUT2D eigenvalue weighted by atomic mass is 79.9. The van der Waals surface area contributed by atoms with E-state index in [2.05, 4.69) is 20.9 Å². The second-order valence-electron chi connectivity index (χ2n) is 4.96. The molecule has 5 nitrogen and oxygen atoms in total. The third kappa shape index (κ3) is 2.09. The molecule has 1 aliphatic rings. The lowest BCUT2D eigenvalue weighted by Crippen LogP contribution is -2.50. The van der Waals surface area contributed by atoms with Crippen molar-refractivity contribution in [2.45, 2.75) is 6.54 Å². The highest BCUT2D eigenvalue weighted by Crippen LogP contribution is 2.28. The highest BCUT2D eigenvalue weighted by Gasteiger charge is 2.38. The predicted molar refractivity (Wildman–Crippen MR) is 74.0 cm³/mol. The van der Waals surface area contributed by atoms with Gasteiger partial charge in [-0.3, -0.25) is 9.36 Å². The number of halogens is 1. The Labute approximate surface area is 118 Å². The average Bonchev–Trinajstić information content (AvgIpc) is 2.37. The molecule has 0 saturated carbocycles. The number of aliphatic hydroxyl groups excluding tert-OH is 1. The van der Waals surface area contributed by atoms with Crippen molar-refractivity contribution in [3.8, 4) is 0 Å². The topological polar surface area (TPSA) is 64.4 Å². The Morgan fingerprint density at radius 1 is 1.47 bits per heavy atom. The molecule has 2 heterocycles. The van der Waals surface area contributed by atoms with E-state index in [1.54, 1.807) is 10.6 Å². The van der Waals surface area contributed by atoms with E-state index in [1.165, 1.54) is 6.33 Å². The number of nitrogens with zero attached hydrogens (tertiary/aromatic N) is 2. The second-order valence-corrected chi connectivity index (χ2v) is 5.82. The molecule has 2 aromatic rings. The molecule has 1 saturated heterocycles. The van der Waals surface area contributed by atoms with Gasteiger partial charge in [-0.15, -0.1) is 0 Å². The SMILES string of the molecule is O=c1c2cccc(Br)c2ncn1CC1(CO)COC1. The second kappa shape index (κ2) is 4.70. The van der Waals surface area contributed by atoms with Crippen LogP contribution >= 0.6 is 15.9 Å². The number of hydrogen-bond acceptors (Lipinski definition) is 4. The van der Waals surface area contributed by atoms with Crippen LogP contribution in [-0.4, -0.2) is 34.5 Å². The van der Waals surface area contributed by atoms with Crippen LogP contribution in [-0.2, 0) is 11.3 Å². The molecule has 1 aromatic carbocycles. The van der Waals surface area contributed by atoms with Gasteiger partial charge in [-0.1, -0.05) is 6.07 Å². The first-order valence-corrected chi connectivity index (χ1v) is 6.77. The Hall–Kier alpha value is -1.24. The summed E-state index contributed by atoms with van der Waals surface area (Å²) in [6.45, 7) is 1.40. The van der Waals surface area contributed by atoms with Gasteiger partial charge in [0, 0.05) is 11.0 Å². The molecule has 1 aliphatic heterocycles. The molecule has 0 bridgehead atoms. The van der Waals surface area contributed by atoms with Gasteiger partial charge in [0.15, 0.2) is 0 Å². The summed E-state index contributed by atoms with van der Waals surface area (Å²) in [4.78, 5) is 16.7. The van der Waals surface area contributed by atoms with Crippen molar-refractivity contribution in [1.29, 1.82) is 0 Å². The van der Waals surface area contributed by atoms with Gasteiger partial charge in [0.1, 0.15) is 0 Å². The summed E-state index contributed by atoms with van der Waals surface area (Å²) in [6, 6.07) is 5.43. The van der Waals surface area contributed by atoms with E-state index in [0.29, 0.717) is 30.7 Å². The van der Waals surface area contributed by atoms with E-state index in [9.17, 15) is 9.90 Å². The monoisotopic (exact) mass is 324 g/mol. The van der Waals surface area contributed by atoms with Gasteiger partial charge in [0.2, 0.25) is 0 Å². The van der Waals surface area contributed by atoms with Gasteiger partial charge >= 0.3 is 0 Å². The van der Waals surface area contributed by atoms with E-state index < -0.39 is 0 Å². The van der Waals surface area contributed by atoms with Crippen LogP contribution in [0.5, 0.6) is 0 Å². The van der Waals surface area contributed by atoms with Crippen LogP contribution < -0.4 is 5.56 Å². The number of hydrogen-bond donors (Lipinski definition) is 1. The summed E-state index contributed by atoms with van der Waals surface area (Å²) >= 11 is 3.38. The van der Waals surface area contributed by atoms with Gasteiger partial charge in [0.05, 0.1) is 42.5 Å². The van der Waals surface area contributed by atoms with Gasteiger partial charge in [0.25, 0.3) is 5.56 Å². The van der Waals surface area contributed by atoms with Gasteiger partial charge < -0.3 is 9.84 Å². The van der Waals surface area contributed by atoms with Crippen molar-refractivity contribution in [1.82, 2.24) is 9.55 Å². The zero-order valence-corrected chi connectivity index (χ0v) is 11.8. The Balaban J connectivity index is 2.06. The first kappa shape index (κ1) is 12.8. The maximum atomic E-state index is 12.4. The molecule has 1 N–H and O–H groups in total. The van der Waals surface area contributed by atoms with E-state index in [0.717, 1.165) is 4.47 Å². The molecular formula is C13H13BrN2O3. The summed E-state index contributed by atoms with van der Waals surface area (Å²) in [5, 5.41) is 10.00. The summed E-state index contributed by atoms with van der Waals surface area (Å²) in [7, 11) is 0. The first-order chi connectivity index (χ1) is 9.15. The molecule has 0 atom stereocenters. The van der Waals surface area contributed by atoms with Crippen molar-refractivity contribution in [2.24, 2.45) is 5.41 Å². The molecule has 1 aromatic heterocycles. The minimum atomic E-state index is -0.342. The Morgan fingerprint density at radius 3 is 2.89 bits per heavy atom. The summed E-state index contributed by atoms with van der Waals surface area (Å²) in [5.74, 6) is 0. The van der Waals surface area contributed by atoms with Crippen molar-refractivity contribution < 1.29 is 9.84 Å². The number of para-hydroxylation sites is 1. The third-order valence-corrected chi connectivity index (χ3v) is 4.10. The molecule has 0 amide bonds. The van der Waals surface area contributed by atoms with Crippen molar-refractivity contribution >= 4 is 26.8 Å². The number of rotatable bonds is 3. The first-order valence-electron chi connectivity index (χ1n) is 5.97. The maximum Gasteiger partial charge on any atom is 0.261 e. The van der Waals surface area contributed by atoms with Crippen LogP contribution in [0.15, 0.2) is 33.8 Å². The van der Waals surface area contributed by atoms with Crippen LogP contribution in [0.3, 0.4) is 0 Å². The van der Waals surface area contributed by atoms with Crippen LogP contribution in [0.2, 0.25) is 0 Å². The van der Waals surface area contributed by atoms with Crippen LogP contribution in [0.25, 0.3) is 10.9 Å². The lowest BCUT2D eigenvalue weighted by Gasteiger charge is -2.39. The molecule has 0 spiro atoms. The molecular weight excluding hydrogens is 312 g/mol. The predicted octanol–water partition coefficient (Wildman–Crippen LogP) is 1.17. The maximum absolute atomic E-state index is 12.4. The summed E-state index contributed by atoms with van der Waals surface area (Å²) < 4.78 is 7.50. The average molecular weight is 325 g/mol. The molecule has 3 rings (SSSR count). The van der Waals surface area contributed by atoms with Crippen LogP contribution in [0.4, 0.5) is 0 Å². The fourth-order valence-electron chi connectivity index (χ4n) is 2.25. The number of aromatic nitrogens is 2. The Bertz CT molecular complexity index is 674. The summed E-state index contributed by atoms with van der Waals surface area (Å²) in [5.41, 5.74) is 0.225. The molecule has 100 valence electrons. The Morgan fingerprint density at radius 2 is 2.26 bits per heavy atom. The van der Waals surface area contributed by atoms with E-state index in [4.69, 9.17) is 4.74 Å². The van der Waals surface area contributed by atoms with Gasteiger partial charge in [-0.2, -0.15) is 0 Å². The normalized spacial score (nSPS) is 17.4. The zero-order valence-electron chi connectivity index (χ0n) is 10.2. The zero-order chi connectivity index (χ0) is 13.5. The number of benzene rings is 1. The molecule has 0 unspecified atom stereocenters. The van der Waals surface area contributed by atoms with E-state index in [1.807, 2.05) is 12.1 Å². The molecule has 0 aliphatic carbocycles. The third-order valence-electron chi connectivity index (χ3n) is 3.46. The van der Waals surface area contributed by atoms with Gasteiger partial charge in [-0.05, 0) is 28.1 Å². The highest BCUT2D eigenvalue weighted by molar-refractivity contribution is 9.10. The molecule has 19 heavy (non-hydrogen) atoms. The standard InChI is InChI=1S/C13H13BrN2O3/c14-10-3-1-2-9-11(10)15-8-16(12(9)18)4-13(5-17)6-19-7-13/h1-3,8,17H,4-7H2. The lowest BCUT2D eigenvalue weighted by atomic mass is 9.87. The van der Waals surface area contributed by atoms with Crippen molar-refractivity contribution in [3.05, 3.63) is 39.4 Å². The van der Waals surface area contributed by atoms with Crippen molar-refractivity contribution in [2.75, 3.05) is 19.8 Å². The minimum Gasteiger partial charge on any atom is -0.396 e. The fourth-order valence-corrected chi connectivity index (χ4v) is 2.72. The largest absolute Gasteiger partial charge is 0.396 e. The molecule has 0 radical (unpaired) electrons. The van der Waals surface area contributed by atoms with Crippen molar-refractivity contribution in [3.63, 3.8) is 0 Å². The molecule has 1 fully saturated rings. The minimum absolute atomic E-state index is 0.00988. The number of aliphatic hydroxyl groups is 1. The lowest BCUT2D eigenvalue weighted by molar-refractivity contribution is -0.145. The summed E-state index contributed by atoms with van der Waals surface area (Å²) in [6.07, 6.45) is 1.53. The smallest absolute Gasteiger partial charge is 0.261 e.